The third kappa shape index (κ3) is 3.89. The zero-order valence-electron chi connectivity index (χ0n) is 10.2. The van der Waals surface area contributed by atoms with Gasteiger partial charge in [-0.05, 0) is 37.2 Å². The summed E-state index contributed by atoms with van der Waals surface area (Å²) in [6.07, 6.45) is 0. The number of nitrogens with zero attached hydrogens (tertiary/aromatic N) is 1. The summed E-state index contributed by atoms with van der Waals surface area (Å²) < 4.78 is 42.0. The SMILES string of the molecule is CCOC(=O)c1c(SC(F)(F)F)ccc(C)c1C#N. The Hall–Kier alpha value is -1.68. The predicted octanol–water partition coefficient (Wildman–Crippen LogP) is 3.66. The van der Waals surface area contributed by atoms with Crippen molar-refractivity contribution < 1.29 is 22.7 Å². The van der Waals surface area contributed by atoms with Crippen LogP contribution in [0.3, 0.4) is 0 Å². The predicted molar refractivity (Wildman–Crippen MR) is 63.8 cm³/mol. The molecule has 1 aromatic carbocycles. The lowest BCUT2D eigenvalue weighted by Crippen LogP contribution is -2.11. The van der Waals surface area contributed by atoms with Gasteiger partial charge in [0.25, 0.3) is 0 Å². The number of hydrogen-bond donors (Lipinski definition) is 0. The molecule has 0 fully saturated rings. The Kier molecular flexibility index (Phi) is 4.84. The molecule has 7 heteroatoms. The molecule has 0 saturated carbocycles. The van der Waals surface area contributed by atoms with Crippen molar-refractivity contribution in [3.63, 3.8) is 0 Å². The molecule has 19 heavy (non-hydrogen) atoms. The quantitative estimate of drug-likeness (QED) is 0.629. The highest BCUT2D eigenvalue weighted by Gasteiger charge is 2.33. The lowest BCUT2D eigenvalue weighted by atomic mass is 10.0. The van der Waals surface area contributed by atoms with Crippen molar-refractivity contribution in [3.05, 3.63) is 28.8 Å². The normalized spacial score (nSPS) is 10.9. The first kappa shape index (κ1) is 15.4. The molecule has 0 heterocycles. The maximum Gasteiger partial charge on any atom is 0.446 e. The van der Waals surface area contributed by atoms with Crippen LogP contribution in [0.4, 0.5) is 13.2 Å². The van der Waals surface area contributed by atoms with Gasteiger partial charge in [-0.3, -0.25) is 0 Å². The van der Waals surface area contributed by atoms with Gasteiger partial charge in [-0.15, -0.1) is 0 Å². The number of benzene rings is 1. The van der Waals surface area contributed by atoms with E-state index in [0.717, 1.165) is 0 Å². The summed E-state index contributed by atoms with van der Waals surface area (Å²) >= 11 is -0.432. The molecule has 0 saturated heterocycles. The molecule has 0 aromatic heterocycles. The van der Waals surface area contributed by atoms with Crippen molar-refractivity contribution in [2.24, 2.45) is 0 Å². The first-order chi connectivity index (χ1) is 8.80. The Morgan fingerprint density at radius 2 is 2.11 bits per heavy atom. The Labute approximate surface area is 112 Å². The van der Waals surface area contributed by atoms with Crippen molar-refractivity contribution in [1.29, 1.82) is 5.26 Å². The number of ether oxygens (including phenoxy) is 1. The summed E-state index contributed by atoms with van der Waals surface area (Å²) in [7, 11) is 0. The second kappa shape index (κ2) is 5.97. The van der Waals surface area contributed by atoms with Crippen molar-refractivity contribution in [2.45, 2.75) is 24.3 Å². The van der Waals surface area contributed by atoms with Gasteiger partial charge in [0.15, 0.2) is 0 Å². The molecule has 0 amide bonds. The van der Waals surface area contributed by atoms with Crippen LogP contribution in [0.15, 0.2) is 17.0 Å². The van der Waals surface area contributed by atoms with Crippen LogP contribution >= 0.6 is 11.8 Å². The smallest absolute Gasteiger partial charge is 0.446 e. The third-order valence-electron chi connectivity index (χ3n) is 2.19. The summed E-state index contributed by atoms with van der Waals surface area (Å²) in [6.45, 7) is 3.10. The molecule has 3 nitrogen and oxygen atoms in total. The van der Waals surface area contributed by atoms with Gasteiger partial charge in [-0.25, -0.2) is 4.79 Å². The van der Waals surface area contributed by atoms with E-state index >= 15 is 0 Å². The minimum absolute atomic E-state index is 0.0216. The summed E-state index contributed by atoms with van der Waals surface area (Å²) in [5.74, 6) is -0.922. The van der Waals surface area contributed by atoms with E-state index in [1.807, 2.05) is 0 Å². The molecule has 0 N–H and O–H groups in total. The van der Waals surface area contributed by atoms with Gasteiger partial charge in [0, 0.05) is 4.90 Å². The molecular weight excluding hydrogens is 279 g/mol. The minimum Gasteiger partial charge on any atom is -0.462 e. The van der Waals surface area contributed by atoms with E-state index in [-0.39, 0.29) is 22.6 Å². The maximum atomic E-state index is 12.4. The summed E-state index contributed by atoms with van der Waals surface area (Å²) in [4.78, 5) is 11.4. The molecule has 0 bridgehead atoms. The molecule has 0 aliphatic rings. The topological polar surface area (TPSA) is 50.1 Å². The van der Waals surface area contributed by atoms with E-state index in [4.69, 9.17) is 10.00 Å². The van der Waals surface area contributed by atoms with E-state index in [1.54, 1.807) is 13.0 Å². The number of alkyl halides is 3. The number of hydrogen-bond acceptors (Lipinski definition) is 4. The van der Waals surface area contributed by atoms with Crippen LogP contribution in [0.1, 0.15) is 28.4 Å². The number of nitriles is 1. The van der Waals surface area contributed by atoms with Gasteiger partial charge in [-0.1, -0.05) is 6.07 Å². The van der Waals surface area contributed by atoms with Crippen molar-refractivity contribution >= 4 is 17.7 Å². The monoisotopic (exact) mass is 289 g/mol. The lowest BCUT2D eigenvalue weighted by Gasteiger charge is -2.13. The van der Waals surface area contributed by atoms with Gasteiger partial charge < -0.3 is 4.74 Å². The molecule has 0 atom stereocenters. The highest BCUT2D eigenvalue weighted by Crippen LogP contribution is 2.40. The molecule has 0 unspecified atom stereocenters. The molecule has 102 valence electrons. The van der Waals surface area contributed by atoms with E-state index in [0.29, 0.717) is 5.56 Å². The number of esters is 1. The summed E-state index contributed by atoms with van der Waals surface area (Å²) in [6, 6.07) is 4.29. The first-order valence-corrected chi connectivity index (χ1v) is 6.08. The fourth-order valence-corrected chi connectivity index (χ4v) is 2.12. The fourth-order valence-electron chi connectivity index (χ4n) is 1.45. The van der Waals surface area contributed by atoms with Crippen LogP contribution < -0.4 is 0 Å². The van der Waals surface area contributed by atoms with E-state index in [1.165, 1.54) is 19.1 Å². The van der Waals surface area contributed by atoms with Gasteiger partial charge in [0.05, 0.1) is 17.7 Å². The molecule has 1 rings (SSSR count). The van der Waals surface area contributed by atoms with Gasteiger partial charge in [-0.2, -0.15) is 18.4 Å². The molecule has 0 aliphatic carbocycles. The zero-order valence-corrected chi connectivity index (χ0v) is 11.0. The Morgan fingerprint density at radius 3 is 2.58 bits per heavy atom. The Bertz CT molecular complexity index is 535. The number of aryl methyl sites for hydroxylation is 1. The summed E-state index contributed by atoms with van der Waals surface area (Å²) in [5.41, 5.74) is -4.53. The third-order valence-corrected chi connectivity index (χ3v) is 2.98. The van der Waals surface area contributed by atoms with Crippen LogP contribution in [0, 0.1) is 18.3 Å². The van der Waals surface area contributed by atoms with Gasteiger partial charge in [0.1, 0.15) is 6.07 Å². The van der Waals surface area contributed by atoms with E-state index in [2.05, 4.69) is 0 Å². The standard InChI is InChI=1S/C12H10F3NO2S/c1-3-18-11(17)10-8(6-16)7(2)4-5-9(10)19-12(13,14)15/h4-5H,3H2,1-2H3. The van der Waals surface area contributed by atoms with Crippen molar-refractivity contribution in [3.8, 4) is 6.07 Å². The number of rotatable bonds is 3. The van der Waals surface area contributed by atoms with Crippen LogP contribution in [-0.2, 0) is 4.74 Å². The second-order valence-corrected chi connectivity index (χ2v) is 4.62. The number of halogens is 3. The Balaban J connectivity index is 3.39. The highest BCUT2D eigenvalue weighted by atomic mass is 32.2. The second-order valence-electron chi connectivity index (χ2n) is 3.51. The van der Waals surface area contributed by atoms with Crippen molar-refractivity contribution in [2.75, 3.05) is 6.61 Å². The van der Waals surface area contributed by atoms with Crippen LogP contribution in [0.25, 0.3) is 0 Å². The summed E-state index contributed by atoms with van der Waals surface area (Å²) in [5, 5.41) is 8.99. The van der Waals surface area contributed by atoms with E-state index in [9.17, 15) is 18.0 Å². The maximum absolute atomic E-state index is 12.4. The zero-order chi connectivity index (χ0) is 14.6. The Morgan fingerprint density at radius 1 is 1.47 bits per heavy atom. The number of carbonyl (C=O) groups is 1. The van der Waals surface area contributed by atoms with Crippen LogP contribution in [0.5, 0.6) is 0 Å². The van der Waals surface area contributed by atoms with Crippen molar-refractivity contribution in [1.82, 2.24) is 0 Å². The van der Waals surface area contributed by atoms with Crippen LogP contribution in [-0.4, -0.2) is 18.1 Å². The molecule has 0 radical (unpaired) electrons. The highest BCUT2D eigenvalue weighted by molar-refractivity contribution is 8.00. The van der Waals surface area contributed by atoms with E-state index < -0.39 is 23.2 Å². The fraction of sp³-hybridized carbons (Fsp3) is 0.333. The van der Waals surface area contributed by atoms with Gasteiger partial charge >= 0.3 is 11.5 Å². The molecule has 0 aliphatic heterocycles. The average molecular weight is 289 g/mol. The lowest BCUT2D eigenvalue weighted by molar-refractivity contribution is -0.0328. The molecular formula is C12H10F3NO2S. The molecule has 1 aromatic rings. The first-order valence-electron chi connectivity index (χ1n) is 5.26. The minimum atomic E-state index is -4.54. The number of carbonyl (C=O) groups excluding carboxylic acids is 1. The van der Waals surface area contributed by atoms with Crippen LogP contribution in [0.2, 0.25) is 0 Å². The molecule has 0 spiro atoms. The average Bonchev–Trinajstić information content (AvgIpc) is 2.29. The largest absolute Gasteiger partial charge is 0.462 e. The van der Waals surface area contributed by atoms with Gasteiger partial charge in [0.2, 0.25) is 0 Å². The number of thioether (sulfide) groups is 1.